The molecule has 0 heterocycles. The summed E-state index contributed by atoms with van der Waals surface area (Å²) in [5, 5.41) is 2.69. The minimum atomic E-state index is -0.555. The van der Waals surface area contributed by atoms with E-state index in [2.05, 4.69) is 5.32 Å². The maximum absolute atomic E-state index is 13.2. The Hall–Kier alpha value is -1.42. The molecule has 0 aliphatic rings. The normalized spacial score (nSPS) is 9.94. The summed E-state index contributed by atoms with van der Waals surface area (Å²) in [4.78, 5) is 22.0. The first-order chi connectivity index (χ1) is 7.49. The van der Waals surface area contributed by atoms with Crippen LogP contribution in [0.4, 0.5) is 10.1 Å². The third kappa shape index (κ3) is 3.98. The zero-order valence-corrected chi connectivity index (χ0v) is 9.47. The molecule has 5 heteroatoms. The highest BCUT2D eigenvalue weighted by Gasteiger charge is 2.08. The molecular weight excluding hydrogens is 233 g/mol. The Morgan fingerprint density at radius 2 is 2.06 bits per heavy atom. The highest BCUT2D eigenvalue weighted by atomic mass is 35.5. The number of hydrogen-bond donors (Lipinski definition) is 1. The predicted octanol–water partition coefficient (Wildman–Crippen LogP) is 2.79. The van der Waals surface area contributed by atoms with Crippen molar-refractivity contribution < 1.29 is 14.0 Å². The van der Waals surface area contributed by atoms with Crippen LogP contribution in [0.3, 0.4) is 0 Å². The van der Waals surface area contributed by atoms with Crippen molar-refractivity contribution in [2.75, 3.05) is 5.32 Å². The molecule has 0 aliphatic carbocycles. The number of nitrogens with one attached hydrogen (secondary N) is 1. The smallest absolute Gasteiger partial charge is 0.224 e. The molecule has 0 radical (unpaired) electrons. The molecule has 0 spiro atoms. The van der Waals surface area contributed by atoms with Crippen molar-refractivity contribution in [2.24, 2.45) is 0 Å². The molecule has 86 valence electrons. The number of hydrogen-bond acceptors (Lipinski definition) is 2. The second-order valence-electron chi connectivity index (χ2n) is 3.37. The van der Waals surface area contributed by atoms with Crippen molar-refractivity contribution in [1.82, 2.24) is 0 Å². The van der Waals surface area contributed by atoms with Gasteiger partial charge in [-0.3, -0.25) is 4.79 Å². The fourth-order valence-corrected chi connectivity index (χ4v) is 1.27. The van der Waals surface area contributed by atoms with Crippen molar-refractivity contribution >= 4 is 29.0 Å². The van der Waals surface area contributed by atoms with E-state index in [1.165, 1.54) is 25.1 Å². The molecule has 3 nitrogen and oxygen atoms in total. The molecule has 1 aromatic rings. The van der Waals surface area contributed by atoms with Crippen LogP contribution in [0.25, 0.3) is 0 Å². The molecule has 0 bridgehead atoms. The molecule has 1 N–H and O–H groups in total. The summed E-state index contributed by atoms with van der Waals surface area (Å²) in [5.74, 6) is -1.04. The van der Waals surface area contributed by atoms with Crippen LogP contribution in [0.5, 0.6) is 0 Å². The van der Waals surface area contributed by atoms with Gasteiger partial charge >= 0.3 is 0 Å². The molecular formula is C11H11ClFNO2. The minimum absolute atomic E-state index is 0.0288. The van der Waals surface area contributed by atoms with Crippen LogP contribution in [0.15, 0.2) is 18.2 Å². The summed E-state index contributed by atoms with van der Waals surface area (Å²) >= 11 is 5.66. The summed E-state index contributed by atoms with van der Waals surface area (Å²) in [7, 11) is 0. The van der Waals surface area contributed by atoms with Crippen LogP contribution in [0.1, 0.15) is 19.8 Å². The van der Waals surface area contributed by atoms with E-state index in [9.17, 15) is 14.0 Å². The molecule has 16 heavy (non-hydrogen) atoms. The molecule has 1 rings (SSSR count). The van der Waals surface area contributed by atoms with Gasteiger partial charge in [-0.05, 0) is 25.1 Å². The van der Waals surface area contributed by atoms with E-state index in [0.29, 0.717) is 5.02 Å². The summed E-state index contributed by atoms with van der Waals surface area (Å²) in [6, 6.07) is 3.88. The molecule has 1 amide bonds. The van der Waals surface area contributed by atoms with Crippen LogP contribution in [0, 0.1) is 5.82 Å². The molecule has 1 aromatic carbocycles. The van der Waals surface area contributed by atoms with Gasteiger partial charge < -0.3 is 10.1 Å². The topological polar surface area (TPSA) is 46.2 Å². The van der Waals surface area contributed by atoms with Crippen molar-refractivity contribution in [3.05, 3.63) is 29.0 Å². The van der Waals surface area contributed by atoms with E-state index >= 15 is 0 Å². The Bertz CT molecular complexity index is 420. The largest absolute Gasteiger partial charge is 0.324 e. The summed E-state index contributed by atoms with van der Waals surface area (Å²) in [5.41, 5.74) is 0.0288. The Balaban J connectivity index is 2.62. The lowest BCUT2D eigenvalue weighted by Crippen LogP contribution is -2.13. The zero-order valence-electron chi connectivity index (χ0n) is 8.72. The van der Waals surface area contributed by atoms with Gasteiger partial charge in [0.1, 0.15) is 11.6 Å². The second-order valence-corrected chi connectivity index (χ2v) is 3.81. The number of amides is 1. The highest BCUT2D eigenvalue weighted by Crippen LogP contribution is 2.19. The van der Waals surface area contributed by atoms with Crippen molar-refractivity contribution in [1.29, 1.82) is 0 Å². The SMILES string of the molecule is CC(=O)CCC(=O)Nc1cc(Cl)ccc1F. The standard InChI is InChI=1S/C11H11ClFNO2/c1-7(15)2-5-11(16)14-10-6-8(12)3-4-9(10)13/h3-4,6H,2,5H2,1H3,(H,14,16). The Kier molecular flexibility index (Phi) is 4.43. The second kappa shape index (κ2) is 5.61. The van der Waals surface area contributed by atoms with E-state index in [0.717, 1.165) is 0 Å². The maximum atomic E-state index is 13.2. The molecule has 0 saturated heterocycles. The van der Waals surface area contributed by atoms with E-state index < -0.39 is 11.7 Å². The molecule has 0 atom stereocenters. The third-order valence-electron chi connectivity index (χ3n) is 1.91. The average Bonchev–Trinajstić information content (AvgIpc) is 2.20. The van der Waals surface area contributed by atoms with Gasteiger partial charge in [-0.15, -0.1) is 0 Å². The van der Waals surface area contributed by atoms with E-state index in [-0.39, 0.29) is 24.3 Å². The van der Waals surface area contributed by atoms with Gasteiger partial charge in [-0.25, -0.2) is 4.39 Å². The lowest BCUT2D eigenvalue weighted by molar-refractivity contribution is -0.121. The quantitative estimate of drug-likeness (QED) is 0.884. The molecule has 0 aliphatic heterocycles. The molecule has 0 unspecified atom stereocenters. The average molecular weight is 244 g/mol. The van der Waals surface area contributed by atoms with Crippen LogP contribution in [-0.4, -0.2) is 11.7 Å². The Morgan fingerprint density at radius 3 is 2.69 bits per heavy atom. The van der Waals surface area contributed by atoms with Gasteiger partial charge in [0.2, 0.25) is 5.91 Å². The number of rotatable bonds is 4. The van der Waals surface area contributed by atoms with Crippen molar-refractivity contribution in [3.63, 3.8) is 0 Å². The molecule has 0 aromatic heterocycles. The third-order valence-corrected chi connectivity index (χ3v) is 2.14. The lowest BCUT2D eigenvalue weighted by atomic mass is 10.2. The van der Waals surface area contributed by atoms with E-state index in [4.69, 9.17) is 11.6 Å². The first kappa shape index (κ1) is 12.6. The van der Waals surface area contributed by atoms with Gasteiger partial charge in [0, 0.05) is 17.9 Å². The van der Waals surface area contributed by atoms with Gasteiger partial charge in [0.15, 0.2) is 0 Å². The van der Waals surface area contributed by atoms with Gasteiger partial charge in [-0.2, -0.15) is 0 Å². The van der Waals surface area contributed by atoms with E-state index in [1.807, 2.05) is 0 Å². The zero-order chi connectivity index (χ0) is 12.1. The fraction of sp³-hybridized carbons (Fsp3) is 0.273. The van der Waals surface area contributed by atoms with Gasteiger partial charge in [-0.1, -0.05) is 11.6 Å². The number of anilines is 1. The number of carbonyl (C=O) groups is 2. The molecule has 0 saturated carbocycles. The number of ketones is 1. The monoisotopic (exact) mass is 243 g/mol. The number of carbonyl (C=O) groups excluding carboxylic acids is 2. The van der Waals surface area contributed by atoms with Gasteiger partial charge in [0.05, 0.1) is 5.69 Å². The van der Waals surface area contributed by atoms with Crippen molar-refractivity contribution in [2.45, 2.75) is 19.8 Å². The number of Topliss-reactive ketones (excluding diaryl/α,β-unsaturated/α-hetero) is 1. The summed E-state index contributed by atoms with van der Waals surface area (Å²) in [6.07, 6.45) is 0.190. The first-order valence-corrected chi connectivity index (χ1v) is 5.11. The minimum Gasteiger partial charge on any atom is -0.324 e. The Labute approximate surface area is 97.6 Å². The van der Waals surface area contributed by atoms with Crippen LogP contribution in [-0.2, 0) is 9.59 Å². The summed E-state index contributed by atoms with van der Waals surface area (Å²) < 4.78 is 13.2. The lowest BCUT2D eigenvalue weighted by Gasteiger charge is -2.05. The van der Waals surface area contributed by atoms with Crippen molar-refractivity contribution in [3.8, 4) is 0 Å². The molecule has 0 fully saturated rings. The highest BCUT2D eigenvalue weighted by molar-refractivity contribution is 6.30. The first-order valence-electron chi connectivity index (χ1n) is 4.73. The van der Waals surface area contributed by atoms with E-state index in [1.54, 1.807) is 0 Å². The van der Waals surface area contributed by atoms with Crippen LogP contribution >= 0.6 is 11.6 Å². The van der Waals surface area contributed by atoms with Crippen LogP contribution in [0.2, 0.25) is 5.02 Å². The number of halogens is 2. The van der Waals surface area contributed by atoms with Crippen LogP contribution < -0.4 is 5.32 Å². The number of benzene rings is 1. The van der Waals surface area contributed by atoms with Gasteiger partial charge in [0.25, 0.3) is 0 Å². The fourth-order valence-electron chi connectivity index (χ4n) is 1.10. The Morgan fingerprint density at radius 1 is 1.38 bits per heavy atom. The maximum Gasteiger partial charge on any atom is 0.224 e. The predicted molar refractivity (Wildman–Crippen MR) is 60.0 cm³/mol. The summed E-state index contributed by atoms with van der Waals surface area (Å²) in [6.45, 7) is 1.40.